The molecule has 0 unspecified atom stereocenters. The number of hydrogen-bond acceptors (Lipinski definition) is 3. The van der Waals surface area contributed by atoms with Crippen molar-refractivity contribution in [3.8, 4) is 5.75 Å². The van der Waals surface area contributed by atoms with Gasteiger partial charge in [0, 0.05) is 38.4 Å². The molecular weight excluding hydrogens is 389 g/mol. The van der Waals surface area contributed by atoms with Gasteiger partial charge in [0.05, 0.1) is 18.7 Å². The van der Waals surface area contributed by atoms with Crippen molar-refractivity contribution in [2.45, 2.75) is 6.54 Å². The predicted octanol–water partition coefficient (Wildman–Crippen LogP) is 2.44. The van der Waals surface area contributed by atoms with Crippen molar-refractivity contribution >= 4 is 35.1 Å². The number of carbonyl (C=O) groups is 1. The first-order valence-electron chi connectivity index (χ1n) is 8.32. The van der Waals surface area contributed by atoms with Gasteiger partial charge in [-0.2, -0.15) is 0 Å². The van der Waals surface area contributed by atoms with Crippen molar-refractivity contribution in [3.63, 3.8) is 0 Å². The molecule has 0 spiro atoms. The van der Waals surface area contributed by atoms with Crippen molar-refractivity contribution in [1.82, 2.24) is 20.5 Å². The Morgan fingerprint density at radius 1 is 1.15 bits per heavy atom. The third-order valence-corrected chi connectivity index (χ3v) is 4.77. The van der Waals surface area contributed by atoms with Crippen molar-refractivity contribution in [2.75, 3.05) is 27.2 Å². The second-order valence-electron chi connectivity index (χ2n) is 5.67. The van der Waals surface area contributed by atoms with Crippen molar-refractivity contribution in [3.05, 3.63) is 51.8 Å². The lowest BCUT2D eigenvalue weighted by Gasteiger charge is -2.13. The fourth-order valence-corrected chi connectivity index (χ4v) is 2.77. The highest BCUT2D eigenvalue weighted by molar-refractivity contribution is 6.41. The molecule has 2 aromatic rings. The van der Waals surface area contributed by atoms with Gasteiger partial charge in [-0.05, 0) is 30.3 Å². The highest BCUT2D eigenvalue weighted by atomic mass is 35.5. The van der Waals surface area contributed by atoms with Crippen LogP contribution in [0.4, 0.5) is 0 Å². The number of rotatable bonds is 7. The number of halogens is 2. The molecule has 0 aliphatic carbocycles. The topological polar surface area (TPSA) is 79.7 Å². The summed E-state index contributed by atoms with van der Waals surface area (Å²) >= 11 is 12.1. The smallest absolute Gasteiger partial charge is 0.251 e. The minimum atomic E-state index is -0.143. The number of nitrogens with zero attached hydrogens (tertiary/aromatic N) is 2. The van der Waals surface area contributed by atoms with Crippen LogP contribution in [0.25, 0.3) is 0 Å². The van der Waals surface area contributed by atoms with Crippen LogP contribution < -0.4 is 20.7 Å². The lowest BCUT2D eigenvalue weighted by Crippen LogP contribution is -2.41. The van der Waals surface area contributed by atoms with E-state index >= 15 is 0 Å². The summed E-state index contributed by atoms with van der Waals surface area (Å²) in [5, 5.41) is 10.2. The van der Waals surface area contributed by atoms with Gasteiger partial charge in [-0.25, -0.2) is 0 Å². The summed E-state index contributed by atoms with van der Waals surface area (Å²) in [6.45, 7) is 1.49. The van der Waals surface area contributed by atoms with E-state index in [1.807, 2.05) is 7.05 Å². The van der Waals surface area contributed by atoms with Crippen LogP contribution in [0.2, 0.25) is 10.2 Å². The molecule has 1 heterocycles. The minimum absolute atomic E-state index is 0.143. The first kappa shape index (κ1) is 20.9. The first-order valence-corrected chi connectivity index (χ1v) is 9.08. The highest BCUT2D eigenvalue weighted by Crippen LogP contribution is 2.24. The first-order chi connectivity index (χ1) is 13.0. The summed E-state index contributed by atoms with van der Waals surface area (Å²) in [5.74, 6) is 1.18. The standard InChI is InChI=1S/C18H23Cl2N5O2/c1-21-18(24-11-13-10-15(19)16(20)25(13)2)23-9-8-22-17(26)12-4-6-14(27-3)7-5-12/h4-7,10H,8-9,11H2,1-3H3,(H,22,26)(H2,21,23,24). The fraction of sp³-hybridized carbons (Fsp3) is 0.333. The summed E-state index contributed by atoms with van der Waals surface area (Å²) in [6, 6.07) is 8.75. The number of guanidine groups is 1. The van der Waals surface area contributed by atoms with E-state index in [1.54, 1.807) is 49.1 Å². The second kappa shape index (κ2) is 10.1. The molecule has 27 heavy (non-hydrogen) atoms. The van der Waals surface area contributed by atoms with Crippen LogP contribution in [0.15, 0.2) is 35.3 Å². The Labute approximate surface area is 168 Å². The number of nitrogens with one attached hydrogen (secondary N) is 3. The second-order valence-corrected chi connectivity index (χ2v) is 6.44. The van der Waals surface area contributed by atoms with Gasteiger partial charge in [0.1, 0.15) is 10.9 Å². The van der Waals surface area contributed by atoms with Crippen LogP contribution in [0.3, 0.4) is 0 Å². The Morgan fingerprint density at radius 3 is 2.37 bits per heavy atom. The molecule has 0 saturated carbocycles. The van der Waals surface area contributed by atoms with Gasteiger partial charge in [0.2, 0.25) is 0 Å². The average Bonchev–Trinajstić information content (AvgIpc) is 2.94. The number of aromatic nitrogens is 1. The monoisotopic (exact) mass is 411 g/mol. The highest BCUT2D eigenvalue weighted by Gasteiger charge is 2.09. The number of benzene rings is 1. The van der Waals surface area contributed by atoms with Gasteiger partial charge in [0.15, 0.2) is 5.96 Å². The molecule has 7 nitrogen and oxygen atoms in total. The average molecular weight is 412 g/mol. The summed E-state index contributed by atoms with van der Waals surface area (Å²) in [7, 11) is 5.11. The Morgan fingerprint density at radius 2 is 1.81 bits per heavy atom. The molecule has 0 aliphatic heterocycles. The normalized spacial score (nSPS) is 11.2. The van der Waals surface area contributed by atoms with Gasteiger partial charge in [0.25, 0.3) is 5.91 Å². The van der Waals surface area contributed by atoms with Gasteiger partial charge >= 0.3 is 0 Å². The zero-order chi connectivity index (χ0) is 19.8. The lowest BCUT2D eigenvalue weighted by molar-refractivity contribution is 0.0954. The number of methoxy groups -OCH3 is 1. The molecule has 0 radical (unpaired) electrons. The van der Waals surface area contributed by atoms with E-state index in [0.29, 0.717) is 47.1 Å². The molecule has 0 bridgehead atoms. The number of ether oxygens (including phenoxy) is 1. The third kappa shape index (κ3) is 5.80. The van der Waals surface area contributed by atoms with Crippen molar-refractivity contribution in [2.24, 2.45) is 12.0 Å². The van der Waals surface area contributed by atoms with Crippen LogP contribution in [0, 0.1) is 0 Å². The van der Waals surface area contributed by atoms with Crippen LogP contribution in [-0.2, 0) is 13.6 Å². The molecule has 9 heteroatoms. The van der Waals surface area contributed by atoms with Gasteiger partial charge in [-0.3, -0.25) is 9.79 Å². The van der Waals surface area contributed by atoms with Crippen LogP contribution in [0.5, 0.6) is 5.75 Å². The summed E-state index contributed by atoms with van der Waals surface area (Å²) in [5.41, 5.74) is 1.51. The largest absolute Gasteiger partial charge is 0.497 e. The molecule has 0 atom stereocenters. The van der Waals surface area contributed by atoms with E-state index in [0.717, 1.165) is 5.69 Å². The molecule has 146 valence electrons. The number of carbonyl (C=O) groups excluding carboxylic acids is 1. The van der Waals surface area contributed by atoms with Crippen LogP contribution in [-0.4, -0.2) is 43.7 Å². The summed E-state index contributed by atoms with van der Waals surface area (Å²) in [6.07, 6.45) is 0. The Hall–Kier alpha value is -2.38. The molecule has 1 amide bonds. The SMILES string of the molecule is CN=C(NCCNC(=O)c1ccc(OC)cc1)NCc1cc(Cl)c(Cl)n1C. The predicted molar refractivity (Wildman–Crippen MR) is 109 cm³/mol. The molecule has 0 aliphatic rings. The summed E-state index contributed by atoms with van der Waals surface area (Å²) < 4.78 is 6.88. The number of amides is 1. The maximum Gasteiger partial charge on any atom is 0.251 e. The molecule has 1 aromatic carbocycles. The Kier molecular flexibility index (Phi) is 7.82. The maximum atomic E-state index is 12.1. The lowest BCUT2D eigenvalue weighted by atomic mass is 10.2. The molecule has 2 rings (SSSR count). The van der Waals surface area contributed by atoms with Gasteiger partial charge in [-0.15, -0.1) is 0 Å². The molecule has 1 aromatic heterocycles. The van der Waals surface area contributed by atoms with Gasteiger partial charge < -0.3 is 25.3 Å². The third-order valence-electron chi connectivity index (χ3n) is 3.93. The molecule has 0 fully saturated rings. The zero-order valence-electron chi connectivity index (χ0n) is 15.5. The number of aliphatic imine (C=N–C) groups is 1. The van der Waals surface area contributed by atoms with E-state index in [2.05, 4.69) is 20.9 Å². The molecule has 0 saturated heterocycles. The van der Waals surface area contributed by atoms with Crippen molar-refractivity contribution in [1.29, 1.82) is 0 Å². The zero-order valence-corrected chi connectivity index (χ0v) is 17.0. The maximum absolute atomic E-state index is 12.1. The van der Waals surface area contributed by atoms with Gasteiger partial charge in [-0.1, -0.05) is 23.2 Å². The van der Waals surface area contributed by atoms with E-state index in [4.69, 9.17) is 27.9 Å². The van der Waals surface area contributed by atoms with E-state index < -0.39 is 0 Å². The molecule has 3 N–H and O–H groups in total. The van der Waals surface area contributed by atoms with Crippen LogP contribution in [0.1, 0.15) is 16.1 Å². The quantitative estimate of drug-likeness (QED) is 0.371. The Bertz CT molecular complexity index is 803. The minimum Gasteiger partial charge on any atom is -0.497 e. The van der Waals surface area contributed by atoms with Crippen molar-refractivity contribution < 1.29 is 9.53 Å². The Balaban J connectivity index is 1.74. The number of hydrogen-bond donors (Lipinski definition) is 3. The summed E-state index contributed by atoms with van der Waals surface area (Å²) in [4.78, 5) is 16.2. The van der Waals surface area contributed by atoms with E-state index in [1.165, 1.54) is 0 Å². The van der Waals surface area contributed by atoms with E-state index in [9.17, 15) is 4.79 Å². The van der Waals surface area contributed by atoms with E-state index in [-0.39, 0.29) is 5.91 Å². The van der Waals surface area contributed by atoms with Crippen LogP contribution >= 0.6 is 23.2 Å². The molecular formula is C18H23Cl2N5O2. The fourth-order valence-electron chi connectivity index (χ4n) is 2.35.